The predicted octanol–water partition coefficient (Wildman–Crippen LogP) is 4.06. The molecule has 3 aromatic rings. The summed E-state index contributed by atoms with van der Waals surface area (Å²) < 4.78 is 42.7. The number of halogens is 1. The van der Waals surface area contributed by atoms with Gasteiger partial charge in [0.05, 0.1) is 48.1 Å². The van der Waals surface area contributed by atoms with Crippen molar-refractivity contribution in [1.82, 2.24) is 0 Å². The summed E-state index contributed by atoms with van der Waals surface area (Å²) >= 11 is 6.24. The number of hydrogen-bond donors (Lipinski definition) is 1. The normalized spacial score (nSPS) is 10.9. The van der Waals surface area contributed by atoms with E-state index in [1.165, 1.54) is 69.9 Å². The molecule has 10 nitrogen and oxygen atoms in total. The highest BCUT2D eigenvalue weighted by molar-refractivity contribution is 7.92. The largest absolute Gasteiger partial charge is 0.495 e. The summed E-state index contributed by atoms with van der Waals surface area (Å²) in [6.07, 6.45) is 0. The Morgan fingerprint density at radius 2 is 1.45 bits per heavy atom. The highest BCUT2D eigenvalue weighted by atomic mass is 35.5. The Morgan fingerprint density at radius 3 is 1.95 bits per heavy atom. The monoisotopic (exact) mass is 560 g/mol. The van der Waals surface area contributed by atoms with Crippen molar-refractivity contribution in [2.45, 2.75) is 11.8 Å². The Kier molecular flexibility index (Phi) is 8.97. The van der Waals surface area contributed by atoms with Gasteiger partial charge in [0, 0.05) is 5.69 Å². The first-order chi connectivity index (χ1) is 18.0. The molecule has 1 N–H and O–H groups in total. The van der Waals surface area contributed by atoms with Gasteiger partial charge in [0.2, 0.25) is 5.91 Å². The fourth-order valence-corrected chi connectivity index (χ4v) is 5.13. The van der Waals surface area contributed by atoms with Crippen LogP contribution in [0.3, 0.4) is 0 Å². The summed E-state index contributed by atoms with van der Waals surface area (Å²) in [5.41, 5.74) is 0.991. The Morgan fingerprint density at radius 1 is 0.868 bits per heavy atom. The van der Waals surface area contributed by atoms with Crippen LogP contribution in [-0.4, -0.2) is 54.1 Å². The number of amides is 1. The number of methoxy groups -OCH3 is 3. The van der Waals surface area contributed by atoms with Crippen molar-refractivity contribution in [2.75, 3.05) is 37.5 Å². The van der Waals surface area contributed by atoms with Gasteiger partial charge >= 0.3 is 11.9 Å². The number of hydrogen-bond acceptors (Lipinski definition) is 8. The third-order valence-electron chi connectivity index (χ3n) is 5.38. The van der Waals surface area contributed by atoms with Gasteiger partial charge in [-0.2, -0.15) is 0 Å². The first-order valence-corrected chi connectivity index (χ1v) is 12.9. The van der Waals surface area contributed by atoms with Gasteiger partial charge in [0.1, 0.15) is 12.3 Å². The van der Waals surface area contributed by atoms with E-state index in [-0.39, 0.29) is 32.4 Å². The van der Waals surface area contributed by atoms with Crippen LogP contribution in [0.4, 0.5) is 11.4 Å². The van der Waals surface area contributed by atoms with Gasteiger partial charge in [-0.1, -0.05) is 29.3 Å². The number of sulfonamides is 1. The van der Waals surface area contributed by atoms with E-state index < -0.39 is 34.4 Å². The van der Waals surface area contributed by atoms with Crippen molar-refractivity contribution in [3.8, 4) is 5.75 Å². The standard InChI is InChI=1S/C26H25ClN2O8S/c1-16-5-8-21(9-6-16)38(33,34)29(20-7-10-23(35-2)22(27)14-20)15-24(30)28-19-12-17(25(31)36-3)11-18(13-19)26(32)37-4/h5-14H,15H2,1-4H3,(H,28,30). The van der Waals surface area contributed by atoms with E-state index in [0.29, 0.717) is 5.75 Å². The highest BCUT2D eigenvalue weighted by Gasteiger charge is 2.28. The second kappa shape index (κ2) is 12.0. The van der Waals surface area contributed by atoms with Gasteiger partial charge in [0.25, 0.3) is 10.0 Å². The number of nitrogens with one attached hydrogen (secondary N) is 1. The van der Waals surface area contributed by atoms with Crippen LogP contribution in [0.1, 0.15) is 26.3 Å². The van der Waals surface area contributed by atoms with Crippen LogP contribution < -0.4 is 14.4 Å². The second-order valence-corrected chi connectivity index (χ2v) is 10.2. The summed E-state index contributed by atoms with van der Waals surface area (Å²) in [7, 11) is -0.472. The molecule has 0 saturated carbocycles. The van der Waals surface area contributed by atoms with Crippen LogP contribution in [-0.2, 0) is 24.3 Å². The summed E-state index contributed by atoms with van der Waals surface area (Å²) in [6, 6.07) is 14.3. The molecule has 3 rings (SSSR count). The number of ether oxygens (including phenoxy) is 3. The predicted molar refractivity (Wildman–Crippen MR) is 141 cm³/mol. The number of esters is 2. The van der Waals surface area contributed by atoms with Crippen molar-refractivity contribution >= 4 is 50.8 Å². The quantitative estimate of drug-likeness (QED) is 0.388. The lowest BCUT2D eigenvalue weighted by molar-refractivity contribution is -0.114. The minimum atomic E-state index is -4.22. The molecule has 0 aromatic heterocycles. The van der Waals surface area contributed by atoms with Gasteiger partial charge < -0.3 is 19.5 Å². The molecule has 200 valence electrons. The minimum absolute atomic E-state index is 0.0169. The van der Waals surface area contributed by atoms with E-state index >= 15 is 0 Å². The SMILES string of the molecule is COC(=O)c1cc(NC(=O)CN(c2ccc(OC)c(Cl)c2)S(=O)(=O)c2ccc(C)cc2)cc(C(=O)OC)c1. The Labute approximate surface area is 225 Å². The van der Waals surface area contributed by atoms with Crippen molar-refractivity contribution < 1.29 is 37.0 Å². The van der Waals surface area contributed by atoms with E-state index in [1.807, 2.05) is 6.92 Å². The Balaban J connectivity index is 2.01. The van der Waals surface area contributed by atoms with E-state index in [1.54, 1.807) is 12.1 Å². The summed E-state index contributed by atoms with van der Waals surface area (Å²) in [4.78, 5) is 37.2. The molecule has 0 atom stereocenters. The molecular weight excluding hydrogens is 536 g/mol. The number of nitrogens with zero attached hydrogens (tertiary/aromatic N) is 1. The van der Waals surface area contributed by atoms with Gasteiger partial charge in [-0.05, 0) is 55.5 Å². The zero-order valence-corrected chi connectivity index (χ0v) is 22.6. The van der Waals surface area contributed by atoms with Crippen LogP contribution in [0, 0.1) is 6.92 Å². The summed E-state index contributed by atoms with van der Waals surface area (Å²) in [5, 5.41) is 2.67. The Hall–Kier alpha value is -4.09. The molecule has 0 unspecified atom stereocenters. The topological polar surface area (TPSA) is 128 Å². The van der Waals surface area contributed by atoms with Crippen molar-refractivity contribution in [3.63, 3.8) is 0 Å². The van der Waals surface area contributed by atoms with Crippen LogP contribution >= 0.6 is 11.6 Å². The number of anilines is 2. The maximum atomic E-state index is 13.6. The van der Waals surface area contributed by atoms with E-state index in [0.717, 1.165) is 9.87 Å². The molecule has 0 aliphatic rings. The van der Waals surface area contributed by atoms with Crippen molar-refractivity contribution in [1.29, 1.82) is 0 Å². The lowest BCUT2D eigenvalue weighted by Gasteiger charge is -2.25. The van der Waals surface area contributed by atoms with Gasteiger partial charge in [0.15, 0.2) is 0 Å². The van der Waals surface area contributed by atoms with Gasteiger partial charge in [-0.15, -0.1) is 0 Å². The van der Waals surface area contributed by atoms with Crippen LogP contribution in [0.15, 0.2) is 65.6 Å². The molecule has 12 heteroatoms. The number of carbonyl (C=O) groups excluding carboxylic acids is 3. The first kappa shape index (κ1) is 28.5. The molecule has 0 bridgehead atoms. The molecular formula is C26H25ClN2O8S. The summed E-state index contributed by atoms with van der Waals surface area (Å²) in [6.45, 7) is 1.16. The fourth-order valence-electron chi connectivity index (χ4n) is 3.47. The molecule has 0 aliphatic heterocycles. The fraction of sp³-hybridized carbons (Fsp3) is 0.192. The van der Waals surface area contributed by atoms with Crippen LogP contribution in [0.25, 0.3) is 0 Å². The molecule has 0 aliphatic carbocycles. The zero-order chi connectivity index (χ0) is 28.0. The lowest BCUT2D eigenvalue weighted by Crippen LogP contribution is -2.38. The maximum Gasteiger partial charge on any atom is 0.337 e. The van der Waals surface area contributed by atoms with Crippen LogP contribution in [0.5, 0.6) is 5.75 Å². The van der Waals surface area contributed by atoms with E-state index in [9.17, 15) is 22.8 Å². The van der Waals surface area contributed by atoms with Gasteiger partial charge in [-0.25, -0.2) is 18.0 Å². The average molecular weight is 561 g/mol. The number of carbonyl (C=O) groups is 3. The summed E-state index contributed by atoms with van der Waals surface area (Å²) in [5.74, 6) is -1.93. The second-order valence-electron chi connectivity index (χ2n) is 7.97. The Bertz CT molecular complexity index is 1440. The van der Waals surface area contributed by atoms with Crippen molar-refractivity contribution in [3.05, 3.63) is 82.4 Å². The third kappa shape index (κ3) is 6.42. The molecule has 38 heavy (non-hydrogen) atoms. The van der Waals surface area contributed by atoms with Crippen molar-refractivity contribution in [2.24, 2.45) is 0 Å². The highest BCUT2D eigenvalue weighted by Crippen LogP contribution is 2.32. The zero-order valence-electron chi connectivity index (χ0n) is 21.0. The molecule has 0 radical (unpaired) electrons. The molecule has 1 amide bonds. The smallest absolute Gasteiger partial charge is 0.337 e. The van der Waals surface area contributed by atoms with E-state index in [4.69, 9.17) is 25.8 Å². The molecule has 0 spiro atoms. The average Bonchev–Trinajstić information content (AvgIpc) is 2.90. The third-order valence-corrected chi connectivity index (χ3v) is 7.46. The molecule has 3 aromatic carbocycles. The van der Waals surface area contributed by atoms with Crippen LogP contribution in [0.2, 0.25) is 5.02 Å². The minimum Gasteiger partial charge on any atom is -0.495 e. The molecule has 0 heterocycles. The maximum absolute atomic E-state index is 13.6. The van der Waals surface area contributed by atoms with E-state index in [2.05, 4.69) is 5.32 Å². The lowest BCUT2D eigenvalue weighted by atomic mass is 10.1. The molecule has 0 fully saturated rings. The number of aryl methyl sites for hydroxylation is 1. The number of benzene rings is 3. The van der Waals surface area contributed by atoms with Gasteiger partial charge in [-0.3, -0.25) is 9.10 Å². The number of rotatable bonds is 9. The first-order valence-electron chi connectivity index (χ1n) is 11.0. The molecule has 0 saturated heterocycles.